The Labute approximate surface area is 118 Å². The number of nitrogens with zero attached hydrogens (tertiary/aromatic N) is 2. The zero-order valence-electron chi connectivity index (χ0n) is 11.8. The predicted octanol–water partition coefficient (Wildman–Crippen LogP) is -0.112. The molecule has 1 saturated carbocycles. The van der Waals surface area contributed by atoms with E-state index in [9.17, 15) is 9.59 Å². The van der Waals surface area contributed by atoms with Crippen molar-refractivity contribution in [2.75, 3.05) is 20.1 Å². The average molecular weight is 282 g/mol. The van der Waals surface area contributed by atoms with Crippen LogP contribution in [0.25, 0.3) is 0 Å². The molecular formula is C13H22N4O3. The van der Waals surface area contributed by atoms with Gasteiger partial charge < -0.3 is 21.2 Å². The van der Waals surface area contributed by atoms with E-state index in [2.05, 4.69) is 10.5 Å². The Balaban J connectivity index is 2.00. The van der Waals surface area contributed by atoms with Gasteiger partial charge in [-0.25, -0.2) is 0 Å². The minimum atomic E-state index is -0.811. The van der Waals surface area contributed by atoms with Gasteiger partial charge in [0.05, 0.1) is 0 Å². The van der Waals surface area contributed by atoms with Gasteiger partial charge >= 0.3 is 0 Å². The smallest absolute Gasteiger partial charge is 0.236 e. The molecular weight excluding hydrogens is 260 g/mol. The topological polar surface area (TPSA) is 108 Å². The summed E-state index contributed by atoms with van der Waals surface area (Å²) in [7, 11) is 1.63. The van der Waals surface area contributed by atoms with Gasteiger partial charge in [-0.15, -0.1) is 0 Å². The number of carbonyl (C=O) groups excluding carboxylic acids is 2. The van der Waals surface area contributed by atoms with Crippen molar-refractivity contribution in [3.8, 4) is 0 Å². The van der Waals surface area contributed by atoms with Crippen LogP contribution in [0.4, 0.5) is 0 Å². The Bertz CT molecular complexity index is 423. The van der Waals surface area contributed by atoms with Crippen molar-refractivity contribution < 1.29 is 14.8 Å². The third-order valence-corrected chi connectivity index (χ3v) is 4.61. The van der Waals surface area contributed by atoms with Gasteiger partial charge in [0.15, 0.2) is 5.84 Å². The van der Waals surface area contributed by atoms with Gasteiger partial charge in [0.25, 0.3) is 0 Å². The largest absolute Gasteiger partial charge is 0.409 e. The normalized spacial score (nSPS) is 23.1. The summed E-state index contributed by atoms with van der Waals surface area (Å²) in [6.07, 6.45) is 3.51. The maximum absolute atomic E-state index is 12.6. The number of amidine groups is 1. The summed E-state index contributed by atoms with van der Waals surface area (Å²) in [6, 6.07) is 0. The van der Waals surface area contributed by atoms with Gasteiger partial charge in [-0.1, -0.05) is 11.6 Å². The number of likely N-dealkylation sites (tertiary alicyclic amines) is 1. The lowest BCUT2D eigenvalue weighted by molar-refractivity contribution is -0.145. The van der Waals surface area contributed by atoms with Crippen molar-refractivity contribution in [3.05, 3.63) is 0 Å². The fourth-order valence-electron chi connectivity index (χ4n) is 3.06. The summed E-state index contributed by atoms with van der Waals surface area (Å²) >= 11 is 0. The minimum absolute atomic E-state index is 0.0159. The second-order valence-corrected chi connectivity index (χ2v) is 5.60. The fraction of sp³-hybridized carbons (Fsp3) is 0.769. The predicted molar refractivity (Wildman–Crippen MR) is 73.1 cm³/mol. The molecule has 2 rings (SSSR count). The zero-order valence-corrected chi connectivity index (χ0v) is 11.8. The lowest BCUT2D eigenvalue weighted by Gasteiger charge is -2.44. The molecule has 7 nitrogen and oxygen atoms in total. The summed E-state index contributed by atoms with van der Waals surface area (Å²) in [6.45, 7) is 1.11. The van der Waals surface area contributed by atoms with Crippen LogP contribution in [0, 0.1) is 11.3 Å². The molecule has 0 aromatic carbocycles. The number of carbonyl (C=O) groups is 2. The maximum Gasteiger partial charge on any atom is 0.236 e. The first-order valence-electron chi connectivity index (χ1n) is 7.04. The monoisotopic (exact) mass is 282 g/mol. The molecule has 4 N–H and O–H groups in total. The molecule has 2 aliphatic rings. The van der Waals surface area contributed by atoms with Crippen molar-refractivity contribution in [2.45, 2.75) is 32.1 Å². The third-order valence-electron chi connectivity index (χ3n) is 4.61. The number of hydrogen-bond donors (Lipinski definition) is 3. The number of hydrogen-bond acceptors (Lipinski definition) is 4. The minimum Gasteiger partial charge on any atom is -0.409 e. The molecule has 1 heterocycles. The summed E-state index contributed by atoms with van der Waals surface area (Å²) in [5, 5.41) is 14.6. The number of rotatable bonds is 3. The van der Waals surface area contributed by atoms with Gasteiger partial charge in [-0.05, 0) is 25.7 Å². The van der Waals surface area contributed by atoms with Crippen LogP contribution in [0.15, 0.2) is 5.16 Å². The van der Waals surface area contributed by atoms with Crippen LogP contribution < -0.4 is 11.1 Å². The highest BCUT2D eigenvalue weighted by atomic mass is 16.4. The summed E-state index contributed by atoms with van der Waals surface area (Å²) in [4.78, 5) is 25.9. The van der Waals surface area contributed by atoms with E-state index >= 15 is 0 Å². The highest BCUT2D eigenvalue weighted by Gasteiger charge is 2.50. The Morgan fingerprint density at radius 1 is 1.35 bits per heavy atom. The van der Waals surface area contributed by atoms with Crippen LogP contribution in [0.5, 0.6) is 0 Å². The van der Waals surface area contributed by atoms with E-state index in [1.54, 1.807) is 11.9 Å². The molecule has 1 aliphatic carbocycles. The van der Waals surface area contributed by atoms with E-state index in [1.165, 1.54) is 0 Å². The molecule has 2 fully saturated rings. The molecule has 0 unspecified atom stereocenters. The highest BCUT2D eigenvalue weighted by molar-refractivity contribution is 6.07. The summed E-state index contributed by atoms with van der Waals surface area (Å²) in [5.41, 5.74) is 4.90. The molecule has 0 radical (unpaired) electrons. The Hall–Kier alpha value is -1.79. The van der Waals surface area contributed by atoms with Gasteiger partial charge in [0.1, 0.15) is 5.41 Å². The molecule has 0 aromatic heterocycles. The summed E-state index contributed by atoms with van der Waals surface area (Å²) < 4.78 is 0. The van der Waals surface area contributed by atoms with E-state index in [4.69, 9.17) is 10.9 Å². The molecule has 7 heteroatoms. The second kappa shape index (κ2) is 5.68. The molecule has 1 aliphatic heterocycles. The van der Waals surface area contributed by atoms with Crippen LogP contribution in [0.2, 0.25) is 0 Å². The molecule has 0 aromatic rings. The Morgan fingerprint density at radius 3 is 2.35 bits per heavy atom. The highest BCUT2D eigenvalue weighted by Crippen LogP contribution is 2.43. The number of nitrogens with one attached hydrogen (secondary N) is 1. The van der Waals surface area contributed by atoms with Crippen LogP contribution in [0.1, 0.15) is 32.1 Å². The maximum atomic E-state index is 12.6. The lowest BCUT2D eigenvalue weighted by Crippen LogP contribution is -2.57. The van der Waals surface area contributed by atoms with Crippen molar-refractivity contribution in [1.82, 2.24) is 10.2 Å². The zero-order chi connectivity index (χ0) is 14.8. The number of amides is 2. The van der Waals surface area contributed by atoms with Crippen LogP contribution in [-0.4, -0.2) is 47.9 Å². The first-order valence-corrected chi connectivity index (χ1v) is 7.04. The molecule has 2 amide bonds. The Morgan fingerprint density at radius 2 is 1.95 bits per heavy atom. The van der Waals surface area contributed by atoms with Crippen LogP contribution >= 0.6 is 0 Å². The van der Waals surface area contributed by atoms with Gasteiger partial charge in [0, 0.05) is 26.1 Å². The van der Waals surface area contributed by atoms with Crippen molar-refractivity contribution in [2.24, 2.45) is 22.2 Å². The lowest BCUT2D eigenvalue weighted by atomic mass is 9.66. The van der Waals surface area contributed by atoms with E-state index in [0.717, 1.165) is 6.42 Å². The summed E-state index contributed by atoms with van der Waals surface area (Å²) in [5.74, 6) is -0.0336. The van der Waals surface area contributed by atoms with Crippen LogP contribution in [0.3, 0.4) is 0 Å². The van der Waals surface area contributed by atoms with E-state index in [1.807, 2.05) is 0 Å². The molecule has 0 bridgehead atoms. The van der Waals surface area contributed by atoms with Gasteiger partial charge in [0.2, 0.25) is 11.8 Å². The SMILES string of the molecule is CNC(=O)C1CCN(C(=O)C2(C(N)=NO)CCC2)CC1. The van der Waals surface area contributed by atoms with Gasteiger partial charge in [-0.3, -0.25) is 9.59 Å². The number of oxime groups is 1. The van der Waals surface area contributed by atoms with Crippen molar-refractivity contribution in [1.29, 1.82) is 0 Å². The van der Waals surface area contributed by atoms with Crippen molar-refractivity contribution >= 4 is 17.6 Å². The molecule has 112 valence electrons. The van der Waals surface area contributed by atoms with E-state index in [-0.39, 0.29) is 23.6 Å². The van der Waals surface area contributed by atoms with E-state index in [0.29, 0.717) is 38.8 Å². The van der Waals surface area contributed by atoms with Gasteiger partial charge in [-0.2, -0.15) is 0 Å². The van der Waals surface area contributed by atoms with Crippen molar-refractivity contribution in [3.63, 3.8) is 0 Å². The second-order valence-electron chi connectivity index (χ2n) is 5.60. The first kappa shape index (κ1) is 14.6. The standard InChI is InChI=1S/C13H22N4O3/c1-15-10(18)9-3-7-17(8-4-9)12(19)13(5-2-6-13)11(14)16-20/h9,20H,2-8H2,1H3,(H2,14,16)(H,15,18). The average Bonchev–Trinajstić information content (AvgIpc) is 2.45. The molecule has 0 atom stereocenters. The number of nitrogens with two attached hydrogens (primary N) is 1. The first-order chi connectivity index (χ1) is 9.55. The third kappa shape index (κ3) is 2.32. The molecule has 20 heavy (non-hydrogen) atoms. The number of piperidine rings is 1. The molecule has 0 spiro atoms. The van der Waals surface area contributed by atoms with E-state index < -0.39 is 5.41 Å². The quantitative estimate of drug-likeness (QED) is 0.290. The fourth-order valence-corrected chi connectivity index (χ4v) is 3.06. The molecule has 1 saturated heterocycles. The Kier molecular flexibility index (Phi) is 4.15. The van der Waals surface area contributed by atoms with Crippen LogP contribution in [-0.2, 0) is 9.59 Å².